The summed E-state index contributed by atoms with van der Waals surface area (Å²) < 4.78 is 0. The van der Waals surface area contributed by atoms with Gasteiger partial charge in [-0.05, 0) is 16.7 Å². The van der Waals surface area contributed by atoms with Gasteiger partial charge in [0.1, 0.15) is 6.33 Å². The Labute approximate surface area is 193 Å². The molecular weight excluding hydrogens is 414 g/mol. The number of nitro groups is 1. The van der Waals surface area contributed by atoms with Crippen molar-refractivity contribution in [3.63, 3.8) is 0 Å². The molecular formula is C26H25N5O2. The Morgan fingerprint density at radius 1 is 0.697 bits per heavy atom. The van der Waals surface area contributed by atoms with Gasteiger partial charge in [0, 0.05) is 26.7 Å². The molecule has 7 nitrogen and oxygen atoms in total. The molecule has 0 aliphatic rings. The van der Waals surface area contributed by atoms with E-state index in [1.807, 2.05) is 103 Å². The minimum atomic E-state index is -0.380. The fourth-order valence-electron chi connectivity index (χ4n) is 3.78. The summed E-state index contributed by atoms with van der Waals surface area (Å²) in [6.45, 7) is 1.46. The third-order valence-corrected chi connectivity index (χ3v) is 5.32. The minimum Gasteiger partial charge on any atom is -0.349 e. The monoisotopic (exact) mass is 439 g/mol. The summed E-state index contributed by atoms with van der Waals surface area (Å²) in [6, 6.07) is 29.6. The third kappa shape index (κ3) is 5.51. The molecule has 3 aromatic carbocycles. The number of rotatable bonds is 9. The van der Waals surface area contributed by atoms with Crippen LogP contribution in [-0.4, -0.2) is 21.9 Å². The van der Waals surface area contributed by atoms with Gasteiger partial charge in [-0.1, -0.05) is 91.0 Å². The molecule has 4 rings (SSSR count). The van der Waals surface area contributed by atoms with Crippen LogP contribution in [0.2, 0.25) is 0 Å². The van der Waals surface area contributed by atoms with Gasteiger partial charge in [-0.2, -0.15) is 0 Å². The lowest BCUT2D eigenvalue weighted by Crippen LogP contribution is -2.26. The van der Waals surface area contributed by atoms with E-state index in [2.05, 4.69) is 9.97 Å². The second-order valence-electron chi connectivity index (χ2n) is 7.80. The van der Waals surface area contributed by atoms with E-state index >= 15 is 0 Å². The molecule has 0 saturated carbocycles. The van der Waals surface area contributed by atoms with Gasteiger partial charge >= 0.3 is 5.69 Å². The number of aromatic nitrogens is 2. The summed E-state index contributed by atoms with van der Waals surface area (Å²) in [5, 5.41) is 12.3. The average molecular weight is 440 g/mol. The highest BCUT2D eigenvalue weighted by Gasteiger charge is 2.29. The van der Waals surface area contributed by atoms with Crippen molar-refractivity contribution in [2.75, 3.05) is 16.8 Å². The van der Waals surface area contributed by atoms with Crippen molar-refractivity contribution in [3.05, 3.63) is 124 Å². The Hall–Kier alpha value is -4.26. The quantitative estimate of drug-likeness (QED) is 0.263. The predicted octanol–water partition coefficient (Wildman–Crippen LogP) is 5.23. The van der Waals surface area contributed by atoms with Crippen molar-refractivity contribution in [1.29, 1.82) is 0 Å². The molecule has 0 spiro atoms. The minimum absolute atomic E-state index is 0.0946. The fraction of sp³-hybridized carbons (Fsp3) is 0.154. The molecule has 0 radical (unpaired) electrons. The largest absolute Gasteiger partial charge is 0.353 e. The molecule has 0 aliphatic heterocycles. The Morgan fingerprint density at radius 3 is 1.58 bits per heavy atom. The average Bonchev–Trinajstić information content (AvgIpc) is 2.85. The number of benzene rings is 3. The van der Waals surface area contributed by atoms with Crippen LogP contribution in [0.1, 0.15) is 16.7 Å². The summed E-state index contributed by atoms with van der Waals surface area (Å²) in [5.41, 5.74) is 3.03. The fourth-order valence-corrected chi connectivity index (χ4v) is 3.78. The standard InChI is InChI=1S/C26H25N5O2/c1-29(17-21-11-5-2-6-12-21)25-24(31(32)33)26(28-20-27-25)30(18-22-13-7-3-8-14-22)19-23-15-9-4-10-16-23/h2-16,20H,17-19H2,1H3. The van der Waals surface area contributed by atoms with Gasteiger partial charge in [0.05, 0.1) is 4.92 Å². The molecule has 0 fully saturated rings. The van der Waals surface area contributed by atoms with Crippen LogP contribution in [-0.2, 0) is 19.6 Å². The van der Waals surface area contributed by atoms with E-state index in [-0.39, 0.29) is 10.6 Å². The highest BCUT2D eigenvalue weighted by atomic mass is 16.6. The Kier molecular flexibility index (Phi) is 6.90. The summed E-state index contributed by atoms with van der Waals surface area (Å²) in [5.74, 6) is 0.595. The SMILES string of the molecule is CN(Cc1ccccc1)c1ncnc(N(Cc2ccccc2)Cc2ccccc2)c1[N+](=O)[O-]. The molecule has 0 amide bonds. The Morgan fingerprint density at radius 2 is 1.12 bits per heavy atom. The number of anilines is 2. The van der Waals surface area contributed by atoms with Crippen LogP contribution in [0.15, 0.2) is 97.3 Å². The topological polar surface area (TPSA) is 75.4 Å². The normalized spacial score (nSPS) is 10.6. The van der Waals surface area contributed by atoms with E-state index < -0.39 is 0 Å². The van der Waals surface area contributed by atoms with Crippen molar-refractivity contribution < 1.29 is 4.92 Å². The van der Waals surface area contributed by atoms with Gasteiger partial charge in [-0.3, -0.25) is 10.1 Å². The second kappa shape index (κ2) is 10.4. The Bertz CT molecular complexity index is 1150. The summed E-state index contributed by atoms with van der Waals surface area (Å²) in [4.78, 5) is 24.3. The van der Waals surface area contributed by atoms with Gasteiger partial charge in [-0.15, -0.1) is 0 Å². The molecule has 166 valence electrons. The van der Waals surface area contributed by atoms with E-state index in [0.717, 1.165) is 16.7 Å². The van der Waals surface area contributed by atoms with E-state index in [9.17, 15) is 10.1 Å². The van der Waals surface area contributed by atoms with Crippen molar-refractivity contribution in [1.82, 2.24) is 9.97 Å². The van der Waals surface area contributed by atoms with Crippen LogP contribution < -0.4 is 9.80 Å². The number of nitrogens with zero attached hydrogens (tertiary/aromatic N) is 5. The zero-order valence-corrected chi connectivity index (χ0v) is 18.4. The van der Waals surface area contributed by atoms with Crippen LogP contribution >= 0.6 is 0 Å². The third-order valence-electron chi connectivity index (χ3n) is 5.32. The molecule has 0 saturated heterocycles. The van der Waals surface area contributed by atoms with Crippen LogP contribution in [0, 0.1) is 10.1 Å². The zero-order valence-electron chi connectivity index (χ0n) is 18.4. The number of hydrogen-bond acceptors (Lipinski definition) is 6. The molecule has 1 aromatic heterocycles. The molecule has 33 heavy (non-hydrogen) atoms. The molecule has 0 aliphatic carbocycles. The van der Waals surface area contributed by atoms with E-state index in [4.69, 9.17) is 0 Å². The first-order valence-electron chi connectivity index (χ1n) is 10.7. The van der Waals surface area contributed by atoms with Gasteiger partial charge < -0.3 is 9.80 Å². The lowest BCUT2D eigenvalue weighted by atomic mass is 10.1. The lowest BCUT2D eigenvalue weighted by Gasteiger charge is -2.25. The predicted molar refractivity (Wildman–Crippen MR) is 130 cm³/mol. The van der Waals surface area contributed by atoms with E-state index in [1.54, 1.807) is 4.90 Å². The molecule has 1 heterocycles. The molecule has 4 aromatic rings. The molecule has 0 N–H and O–H groups in total. The zero-order chi connectivity index (χ0) is 23.0. The van der Waals surface area contributed by atoms with E-state index in [0.29, 0.717) is 31.3 Å². The van der Waals surface area contributed by atoms with E-state index in [1.165, 1.54) is 6.33 Å². The van der Waals surface area contributed by atoms with Gasteiger partial charge in [0.15, 0.2) is 0 Å². The van der Waals surface area contributed by atoms with Gasteiger partial charge in [0.2, 0.25) is 11.6 Å². The van der Waals surface area contributed by atoms with Crippen LogP contribution in [0.5, 0.6) is 0 Å². The molecule has 0 bridgehead atoms. The van der Waals surface area contributed by atoms with Crippen LogP contribution in [0.3, 0.4) is 0 Å². The van der Waals surface area contributed by atoms with Crippen molar-refractivity contribution >= 4 is 17.3 Å². The van der Waals surface area contributed by atoms with Crippen molar-refractivity contribution in [2.45, 2.75) is 19.6 Å². The Balaban J connectivity index is 1.73. The van der Waals surface area contributed by atoms with Gasteiger partial charge in [0.25, 0.3) is 0 Å². The first kappa shape index (κ1) is 22.0. The summed E-state index contributed by atoms with van der Waals surface area (Å²) in [7, 11) is 1.81. The first-order chi connectivity index (χ1) is 16.1. The summed E-state index contributed by atoms with van der Waals surface area (Å²) in [6.07, 6.45) is 1.40. The maximum atomic E-state index is 12.3. The van der Waals surface area contributed by atoms with Crippen molar-refractivity contribution in [2.24, 2.45) is 0 Å². The summed E-state index contributed by atoms with van der Waals surface area (Å²) >= 11 is 0. The van der Waals surface area contributed by atoms with Crippen LogP contribution in [0.25, 0.3) is 0 Å². The highest BCUT2D eigenvalue weighted by Crippen LogP contribution is 2.35. The molecule has 0 unspecified atom stereocenters. The lowest BCUT2D eigenvalue weighted by molar-refractivity contribution is -0.383. The second-order valence-corrected chi connectivity index (χ2v) is 7.80. The molecule has 0 atom stereocenters. The highest BCUT2D eigenvalue weighted by molar-refractivity contribution is 5.71. The smallest absolute Gasteiger partial charge is 0.349 e. The molecule has 7 heteroatoms. The van der Waals surface area contributed by atoms with Gasteiger partial charge in [-0.25, -0.2) is 9.97 Å². The number of hydrogen-bond donors (Lipinski definition) is 0. The first-order valence-corrected chi connectivity index (χ1v) is 10.7. The van der Waals surface area contributed by atoms with Crippen molar-refractivity contribution in [3.8, 4) is 0 Å². The maximum Gasteiger partial charge on any atom is 0.353 e. The maximum absolute atomic E-state index is 12.3. The van der Waals surface area contributed by atoms with Crippen LogP contribution in [0.4, 0.5) is 17.3 Å².